The van der Waals surface area contributed by atoms with Crippen LogP contribution in [0.2, 0.25) is 18.6 Å². The van der Waals surface area contributed by atoms with Gasteiger partial charge < -0.3 is 39.4 Å². The summed E-state index contributed by atoms with van der Waals surface area (Å²) < 4.78 is 18.7. The summed E-state index contributed by atoms with van der Waals surface area (Å²) in [6.45, 7) is 9.19. The van der Waals surface area contributed by atoms with E-state index in [0.29, 0.717) is 50.4 Å². The summed E-state index contributed by atoms with van der Waals surface area (Å²) in [7, 11) is -1.35. The number of nitrogens with zero attached hydrogens (tertiary/aromatic N) is 2. The number of nitrogens with one attached hydrogen (secondary N) is 1. The number of rotatable bonds is 14. The maximum Gasteiger partial charge on any atom is 0.249 e. The van der Waals surface area contributed by atoms with E-state index in [4.69, 9.17) is 14.2 Å². The Kier molecular flexibility index (Phi) is 12.3. The molecule has 0 aliphatic carbocycles. The van der Waals surface area contributed by atoms with Crippen LogP contribution in [0.25, 0.3) is 0 Å². The Labute approximate surface area is 314 Å². The Morgan fingerprint density at radius 2 is 1.81 bits per heavy atom. The van der Waals surface area contributed by atoms with Gasteiger partial charge >= 0.3 is 0 Å². The van der Waals surface area contributed by atoms with Crippen molar-refractivity contribution >= 4 is 31.5 Å². The number of anilines is 2. The van der Waals surface area contributed by atoms with E-state index in [1.807, 2.05) is 87.6 Å². The largest absolute Gasteiger partial charge is 0.494 e. The van der Waals surface area contributed by atoms with E-state index in [1.165, 1.54) is 0 Å². The molecule has 3 aromatic rings. The topological polar surface area (TPSA) is 141 Å². The quantitative estimate of drug-likeness (QED) is 0.132. The summed E-state index contributed by atoms with van der Waals surface area (Å²) in [5.74, 6) is 0.913. The summed E-state index contributed by atoms with van der Waals surface area (Å²) in [6.07, 6.45) is 1.65. The number of aliphatic hydroxyl groups excluding tert-OH is 2. The number of carbonyl (C=O) groups is 2. The van der Waals surface area contributed by atoms with Gasteiger partial charge in [0.15, 0.2) is 8.32 Å². The van der Waals surface area contributed by atoms with Crippen molar-refractivity contribution < 1.29 is 38.8 Å². The summed E-state index contributed by atoms with van der Waals surface area (Å²) in [5.41, 5.74) is 5.01. The third-order valence-corrected chi connectivity index (χ3v) is 13.5. The van der Waals surface area contributed by atoms with Gasteiger partial charge in [0.25, 0.3) is 0 Å². The highest BCUT2D eigenvalue weighted by Crippen LogP contribution is 2.49. The van der Waals surface area contributed by atoms with E-state index in [2.05, 4.69) is 5.32 Å². The summed E-state index contributed by atoms with van der Waals surface area (Å²) in [6, 6.07) is 18.7. The second-order valence-electron chi connectivity index (χ2n) is 15.2. The molecule has 0 radical (unpaired) electrons. The van der Waals surface area contributed by atoms with E-state index in [9.17, 15) is 24.6 Å². The van der Waals surface area contributed by atoms with Crippen molar-refractivity contribution in [3.63, 3.8) is 0 Å². The summed E-state index contributed by atoms with van der Waals surface area (Å²) >= 11 is 0. The normalized spacial score (nSPS) is 23.1. The maximum absolute atomic E-state index is 14.2. The second kappa shape index (κ2) is 16.7. The van der Waals surface area contributed by atoms with Crippen LogP contribution < -0.4 is 19.7 Å². The Morgan fingerprint density at radius 3 is 2.51 bits per heavy atom. The van der Waals surface area contributed by atoms with Gasteiger partial charge in [-0.25, -0.2) is 0 Å². The lowest BCUT2D eigenvalue weighted by molar-refractivity contribution is -0.136. The maximum atomic E-state index is 14.2. The minimum absolute atomic E-state index is 0.0737. The van der Waals surface area contributed by atoms with Crippen LogP contribution in [0.1, 0.15) is 61.5 Å². The molecule has 6 atom stereocenters. The van der Waals surface area contributed by atoms with Crippen molar-refractivity contribution in [2.75, 3.05) is 38.4 Å². The molecule has 3 aliphatic heterocycles. The van der Waals surface area contributed by atoms with Crippen molar-refractivity contribution in [2.24, 2.45) is 5.92 Å². The molecule has 0 bridgehead atoms. The zero-order chi connectivity index (χ0) is 37.9. The van der Waals surface area contributed by atoms with Crippen molar-refractivity contribution in [3.8, 4) is 11.5 Å². The minimum atomic E-state index is -3.01. The molecule has 2 unspecified atom stereocenters. The van der Waals surface area contributed by atoms with Gasteiger partial charge in [0.1, 0.15) is 17.6 Å². The fourth-order valence-electron chi connectivity index (χ4n) is 8.34. The summed E-state index contributed by atoms with van der Waals surface area (Å²) in [4.78, 5) is 43.5. The number of methoxy groups -OCH3 is 1. The molecule has 12 heteroatoms. The molecule has 3 aromatic carbocycles. The summed E-state index contributed by atoms with van der Waals surface area (Å²) in [5, 5.41) is 23.0. The van der Waals surface area contributed by atoms with Crippen molar-refractivity contribution in [1.29, 1.82) is 0 Å². The third-order valence-electron chi connectivity index (χ3n) is 11.2. The molecular formula is C41H55N3O8Si. The Balaban J connectivity index is 1.29. The molecule has 286 valence electrons. The number of fused-ring (bicyclic) bond motifs is 3. The van der Waals surface area contributed by atoms with Gasteiger partial charge in [-0.05, 0) is 105 Å². The van der Waals surface area contributed by atoms with E-state index in [-0.39, 0.29) is 43.4 Å². The number of amides is 2. The highest BCUT2D eigenvalue weighted by molar-refractivity contribution is 6.71. The van der Waals surface area contributed by atoms with Crippen molar-refractivity contribution in [3.05, 3.63) is 82.9 Å². The minimum Gasteiger partial charge on any atom is -0.494 e. The standard InChI is InChI=1S/C41H55N3O8Si/c1-6-51-32-14-15-35-29(20-32)21-34(42-17-9-10-18-45)41(48)44(35)30-13-16-36-33(22-30)39(50-3)26(2)40(52-36)37(53(4,5)49)23-38(47)43-24-28-12-8-7-11-27(28)19-31(43)25-46/h7-8,11-16,20,22,26,31,34,37,39-40,42,45-46,49H,6,9-10,17-19,21,23-25H2,1-5H3/t26-,31+,34?,37?,39-,40-/m1/s1. The highest BCUT2D eigenvalue weighted by Gasteiger charge is 2.48. The van der Waals surface area contributed by atoms with Crippen LogP contribution in [0.5, 0.6) is 11.5 Å². The zero-order valence-corrected chi connectivity index (χ0v) is 32.6. The fourth-order valence-corrected chi connectivity index (χ4v) is 10.2. The Morgan fingerprint density at radius 1 is 1.04 bits per heavy atom. The predicted molar refractivity (Wildman–Crippen MR) is 206 cm³/mol. The average Bonchev–Trinajstić information content (AvgIpc) is 3.14. The van der Waals surface area contributed by atoms with Crippen LogP contribution in [-0.4, -0.2) is 91.7 Å². The number of aliphatic hydroxyl groups is 2. The molecule has 11 nitrogen and oxygen atoms in total. The molecular weight excluding hydrogens is 691 g/mol. The van der Waals surface area contributed by atoms with Crippen LogP contribution in [0.15, 0.2) is 60.7 Å². The zero-order valence-electron chi connectivity index (χ0n) is 31.6. The van der Waals surface area contributed by atoms with Gasteiger partial charge in [0, 0.05) is 49.4 Å². The van der Waals surface area contributed by atoms with Crippen LogP contribution in [0.4, 0.5) is 11.4 Å². The van der Waals surface area contributed by atoms with E-state index < -0.39 is 32.1 Å². The van der Waals surface area contributed by atoms with E-state index >= 15 is 0 Å². The van der Waals surface area contributed by atoms with Gasteiger partial charge in [-0.3, -0.25) is 14.5 Å². The third kappa shape index (κ3) is 8.18. The molecule has 0 fully saturated rings. The van der Waals surface area contributed by atoms with E-state index in [0.717, 1.165) is 40.1 Å². The molecule has 3 aliphatic rings. The molecule has 0 aromatic heterocycles. The van der Waals surface area contributed by atoms with Crippen molar-refractivity contribution in [1.82, 2.24) is 10.2 Å². The fraction of sp³-hybridized carbons (Fsp3) is 0.512. The molecule has 0 saturated heterocycles. The number of benzene rings is 3. The smallest absolute Gasteiger partial charge is 0.249 e. The molecule has 0 spiro atoms. The number of hydrogen-bond donors (Lipinski definition) is 4. The first-order valence-electron chi connectivity index (χ1n) is 19.0. The number of unbranched alkanes of at least 4 members (excludes halogenated alkanes) is 1. The average molecular weight is 746 g/mol. The Hall–Kier alpha value is -3.78. The molecule has 0 saturated carbocycles. The first kappa shape index (κ1) is 38.9. The second-order valence-corrected chi connectivity index (χ2v) is 19.2. The lowest BCUT2D eigenvalue weighted by atomic mass is 9.85. The van der Waals surface area contributed by atoms with Gasteiger partial charge in [-0.15, -0.1) is 0 Å². The van der Waals surface area contributed by atoms with Crippen LogP contribution in [0, 0.1) is 5.92 Å². The highest BCUT2D eigenvalue weighted by atomic mass is 28.4. The molecule has 6 rings (SSSR count). The number of ether oxygens (including phenoxy) is 3. The van der Waals surface area contributed by atoms with Crippen LogP contribution >= 0.6 is 0 Å². The number of carbonyl (C=O) groups excluding carboxylic acids is 2. The monoisotopic (exact) mass is 745 g/mol. The lowest BCUT2D eigenvalue weighted by Gasteiger charge is -2.45. The number of hydrogen-bond acceptors (Lipinski definition) is 9. The predicted octanol–water partition coefficient (Wildman–Crippen LogP) is 5.02. The molecule has 4 N–H and O–H groups in total. The van der Waals surface area contributed by atoms with Gasteiger partial charge in [-0.2, -0.15) is 0 Å². The van der Waals surface area contributed by atoms with Crippen LogP contribution in [-0.2, 0) is 33.7 Å². The van der Waals surface area contributed by atoms with Crippen molar-refractivity contribution in [2.45, 2.75) is 95.4 Å². The first-order chi connectivity index (χ1) is 25.5. The van der Waals surface area contributed by atoms with E-state index in [1.54, 1.807) is 16.9 Å². The molecule has 53 heavy (non-hydrogen) atoms. The van der Waals surface area contributed by atoms with Gasteiger partial charge in [0.05, 0.1) is 37.1 Å². The SMILES string of the molecule is CCOc1ccc2c(c1)CC(NCCCCO)C(=O)N2c1ccc2c(c1)[C@H](OC)[C@@H](C)[C@H](C(CC(=O)N1Cc3ccccc3C[C@H]1CO)[Si](C)(C)O)O2. The Bertz CT molecular complexity index is 1770. The van der Waals surface area contributed by atoms with Gasteiger partial charge in [0.2, 0.25) is 11.8 Å². The van der Waals surface area contributed by atoms with Crippen LogP contribution in [0.3, 0.4) is 0 Å². The lowest BCUT2D eigenvalue weighted by Crippen LogP contribution is -2.52. The first-order valence-corrected chi connectivity index (χ1v) is 22.0. The van der Waals surface area contributed by atoms with Gasteiger partial charge in [-0.1, -0.05) is 31.2 Å². The molecule has 2 amide bonds. The molecule has 3 heterocycles.